The molecule has 0 amide bonds. The third-order valence-electron chi connectivity index (χ3n) is 7.03. The molecule has 1 heterocycles. The van der Waals surface area contributed by atoms with Crippen molar-refractivity contribution in [2.75, 3.05) is 19.8 Å². The Bertz CT molecular complexity index is 650. The van der Waals surface area contributed by atoms with Crippen molar-refractivity contribution in [1.29, 1.82) is 0 Å². The minimum Gasteiger partial charge on any atom is -0.490 e. The van der Waals surface area contributed by atoms with Crippen LogP contribution in [0, 0.1) is 29.4 Å². The first kappa shape index (κ1) is 24.3. The first-order valence-electron chi connectivity index (χ1n) is 12.5. The number of rotatable bonds is 11. The van der Waals surface area contributed by atoms with E-state index in [9.17, 15) is 8.78 Å². The molecule has 1 saturated heterocycles. The van der Waals surface area contributed by atoms with Crippen molar-refractivity contribution >= 4 is 0 Å². The molecule has 1 aliphatic heterocycles. The Labute approximate surface area is 186 Å². The Hall–Kier alpha value is -1.36. The van der Waals surface area contributed by atoms with Crippen molar-refractivity contribution in [3.8, 4) is 11.5 Å². The van der Waals surface area contributed by atoms with Gasteiger partial charge >= 0.3 is 0 Å². The highest BCUT2D eigenvalue weighted by atomic mass is 19.2. The summed E-state index contributed by atoms with van der Waals surface area (Å²) in [6.07, 6.45) is 12.9. The third-order valence-corrected chi connectivity index (χ3v) is 7.03. The van der Waals surface area contributed by atoms with Crippen LogP contribution in [0.15, 0.2) is 12.1 Å². The van der Waals surface area contributed by atoms with E-state index in [1.54, 1.807) is 0 Å². The van der Waals surface area contributed by atoms with E-state index in [2.05, 4.69) is 6.92 Å². The Kier molecular flexibility index (Phi) is 9.89. The van der Waals surface area contributed by atoms with E-state index >= 15 is 0 Å². The van der Waals surface area contributed by atoms with Crippen molar-refractivity contribution in [3.63, 3.8) is 0 Å². The van der Waals surface area contributed by atoms with Gasteiger partial charge in [-0.15, -0.1) is 0 Å². The van der Waals surface area contributed by atoms with Crippen LogP contribution in [0.4, 0.5) is 8.78 Å². The van der Waals surface area contributed by atoms with Crippen LogP contribution < -0.4 is 9.47 Å². The zero-order chi connectivity index (χ0) is 22.1. The smallest absolute Gasteiger partial charge is 0.204 e. The molecule has 176 valence electrons. The molecule has 1 aromatic rings. The Balaban J connectivity index is 1.39. The molecule has 2 unspecified atom stereocenters. The lowest BCUT2D eigenvalue weighted by atomic mass is 9.77. The number of benzene rings is 1. The zero-order valence-electron chi connectivity index (χ0n) is 19.3. The molecular weight excluding hydrogens is 398 g/mol. The van der Waals surface area contributed by atoms with Gasteiger partial charge in [0.25, 0.3) is 0 Å². The minimum absolute atomic E-state index is 0.0174. The van der Waals surface area contributed by atoms with Gasteiger partial charge in [-0.25, -0.2) is 0 Å². The van der Waals surface area contributed by atoms with Gasteiger partial charge in [0.1, 0.15) is 0 Å². The van der Waals surface area contributed by atoms with E-state index in [1.165, 1.54) is 44.2 Å². The summed E-state index contributed by atoms with van der Waals surface area (Å²) in [6.45, 7) is 6.02. The van der Waals surface area contributed by atoms with Crippen molar-refractivity contribution in [2.24, 2.45) is 17.8 Å². The van der Waals surface area contributed by atoms with Crippen LogP contribution in [0.25, 0.3) is 0 Å². The molecule has 0 radical (unpaired) electrons. The number of halogens is 2. The highest BCUT2D eigenvalue weighted by molar-refractivity contribution is 5.35. The molecular formula is C26H40F2O3. The molecule has 5 heteroatoms. The lowest BCUT2D eigenvalue weighted by Gasteiger charge is -2.37. The van der Waals surface area contributed by atoms with Gasteiger partial charge in [-0.05, 0) is 81.3 Å². The van der Waals surface area contributed by atoms with Crippen molar-refractivity contribution in [2.45, 2.75) is 90.6 Å². The number of hydrogen-bond acceptors (Lipinski definition) is 3. The largest absolute Gasteiger partial charge is 0.490 e. The monoisotopic (exact) mass is 438 g/mol. The maximum Gasteiger partial charge on any atom is 0.204 e. The first-order chi connectivity index (χ1) is 15.1. The summed E-state index contributed by atoms with van der Waals surface area (Å²) in [5, 5.41) is 0. The maximum absolute atomic E-state index is 14.3. The maximum atomic E-state index is 14.3. The van der Waals surface area contributed by atoms with Gasteiger partial charge in [0.15, 0.2) is 11.5 Å². The Morgan fingerprint density at radius 2 is 1.48 bits per heavy atom. The molecule has 0 spiro atoms. The van der Waals surface area contributed by atoms with Crippen LogP contribution >= 0.6 is 0 Å². The standard InChI is InChI=1S/C26H40F2O3/c1-3-5-7-19-10-13-22(30-17-19)21-11-8-20(9-12-21)18-31-24-15-14-23(25(27)26(24)28)29-16-6-4-2/h14-15,19-22H,3-13,16-18H2,1-2H3. The van der Waals surface area contributed by atoms with E-state index in [0.717, 1.165) is 51.0 Å². The van der Waals surface area contributed by atoms with Crippen LogP contribution in [-0.2, 0) is 4.74 Å². The molecule has 0 N–H and O–H groups in total. The van der Waals surface area contributed by atoms with E-state index in [1.807, 2.05) is 6.92 Å². The zero-order valence-corrected chi connectivity index (χ0v) is 19.3. The van der Waals surface area contributed by atoms with E-state index in [0.29, 0.717) is 31.2 Å². The predicted molar refractivity (Wildman–Crippen MR) is 120 cm³/mol. The molecule has 2 atom stereocenters. The van der Waals surface area contributed by atoms with E-state index in [4.69, 9.17) is 14.2 Å². The minimum atomic E-state index is -0.955. The van der Waals surface area contributed by atoms with Crippen LogP contribution in [-0.4, -0.2) is 25.9 Å². The lowest BCUT2D eigenvalue weighted by Crippen LogP contribution is -2.34. The van der Waals surface area contributed by atoms with Gasteiger partial charge in [-0.3, -0.25) is 0 Å². The van der Waals surface area contributed by atoms with Crippen LogP contribution in [0.1, 0.15) is 84.5 Å². The molecule has 0 bridgehead atoms. The average Bonchev–Trinajstić information content (AvgIpc) is 2.81. The average molecular weight is 439 g/mol. The summed E-state index contributed by atoms with van der Waals surface area (Å²) in [4.78, 5) is 0. The molecule has 2 aliphatic rings. The topological polar surface area (TPSA) is 27.7 Å². The molecule has 3 nitrogen and oxygen atoms in total. The van der Waals surface area contributed by atoms with Crippen molar-refractivity contribution < 1.29 is 23.0 Å². The molecule has 1 aromatic carbocycles. The molecule has 2 fully saturated rings. The normalized spacial score (nSPS) is 26.6. The van der Waals surface area contributed by atoms with Crippen LogP contribution in [0.3, 0.4) is 0 Å². The van der Waals surface area contributed by atoms with E-state index in [-0.39, 0.29) is 11.5 Å². The third kappa shape index (κ3) is 7.06. The van der Waals surface area contributed by atoms with Gasteiger partial charge < -0.3 is 14.2 Å². The number of unbranched alkanes of at least 4 members (excludes halogenated alkanes) is 2. The summed E-state index contributed by atoms with van der Waals surface area (Å²) in [5.74, 6) is -0.184. The fourth-order valence-electron chi connectivity index (χ4n) is 4.92. The van der Waals surface area contributed by atoms with Gasteiger partial charge in [0, 0.05) is 6.61 Å². The van der Waals surface area contributed by atoms with Gasteiger partial charge in [-0.2, -0.15) is 8.78 Å². The number of hydrogen-bond donors (Lipinski definition) is 0. The lowest BCUT2D eigenvalue weighted by molar-refractivity contribution is -0.0607. The molecule has 31 heavy (non-hydrogen) atoms. The molecule has 3 rings (SSSR count). The summed E-state index contributed by atoms with van der Waals surface area (Å²) in [7, 11) is 0. The second-order valence-corrected chi connectivity index (χ2v) is 9.44. The second kappa shape index (κ2) is 12.6. The van der Waals surface area contributed by atoms with Gasteiger partial charge in [0.05, 0.1) is 19.3 Å². The fourth-order valence-corrected chi connectivity index (χ4v) is 4.92. The fraction of sp³-hybridized carbons (Fsp3) is 0.769. The quantitative estimate of drug-likeness (QED) is 0.339. The SMILES string of the molecule is CCCCOc1ccc(OCC2CCC(C3CCC(CCCC)CO3)CC2)c(F)c1F. The Morgan fingerprint density at radius 3 is 2.10 bits per heavy atom. The first-order valence-corrected chi connectivity index (χ1v) is 12.5. The highest BCUT2D eigenvalue weighted by Crippen LogP contribution is 2.37. The molecule has 0 aromatic heterocycles. The van der Waals surface area contributed by atoms with E-state index < -0.39 is 11.6 Å². The molecule has 1 saturated carbocycles. The summed E-state index contributed by atoms with van der Waals surface area (Å²) < 4.78 is 45.8. The summed E-state index contributed by atoms with van der Waals surface area (Å²) >= 11 is 0. The summed E-state index contributed by atoms with van der Waals surface area (Å²) in [5.41, 5.74) is 0. The predicted octanol–water partition coefficient (Wildman–Crippen LogP) is 7.31. The summed E-state index contributed by atoms with van der Waals surface area (Å²) in [6, 6.07) is 2.95. The van der Waals surface area contributed by atoms with Crippen molar-refractivity contribution in [3.05, 3.63) is 23.8 Å². The van der Waals surface area contributed by atoms with Gasteiger partial charge in [-0.1, -0.05) is 33.1 Å². The van der Waals surface area contributed by atoms with Gasteiger partial charge in [0.2, 0.25) is 11.6 Å². The Morgan fingerprint density at radius 1 is 0.839 bits per heavy atom. The highest BCUT2D eigenvalue weighted by Gasteiger charge is 2.32. The molecule has 1 aliphatic carbocycles. The second-order valence-electron chi connectivity index (χ2n) is 9.44. The van der Waals surface area contributed by atoms with Crippen LogP contribution in [0.2, 0.25) is 0 Å². The van der Waals surface area contributed by atoms with Crippen molar-refractivity contribution in [1.82, 2.24) is 0 Å². The number of ether oxygens (including phenoxy) is 3. The van der Waals surface area contributed by atoms with Crippen LogP contribution in [0.5, 0.6) is 11.5 Å².